The van der Waals surface area contributed by atoms with Gasteiger partial charge >= 0.3 is 0 Å². The molecule has 1 saturated carbocycles. The van der Waals surface area contributed by atoms with Gasteiger partial charge in [0.25, 0.3) is 11.5 Å². The Kier molecular flexibility index (Phi) is 4.71. The molecule has 0 radical (unpaired) electrons. The normalized spacial score (nSPS) is 15.5. The summed E-state index contributed by atoms with van der Waals surface area (Å²) in [5, 5.41) is 17.4. The largest absolute Gasteiger partial charge is 0.388 e. The number of H-pyrrole nitrogens is 1. The minimum absolute atomic E-state index is 0.0764. The lowest BCUT2D eigenvalue weighted by molar-refractivity contribution is 0.0343. The summed E-state index contributed by atoms with van der Waals surface area (Å²) in [6.07, 6.45) is 3.22. The van der Waals surface area contributed by atoms with Crippen molar-refractivity contribution in [1.29, 1.82) is 0 Å². The second kappa shape index (κ2) is 6.96. The zero-order valence-corrected chi connectivity index (χ0v) is 16.6. The molecule has 2 aromatic heterocycles. The van der Waals surface area contributed by atoms with Crippen molar-refractivity contribution in [1.82, 2.24) is 19.9 Å². The predicted molar refractivity (Wildman–Crippen MR) is 106 cm³/mol. The Morgan fingerprint density at radius 2 is 2.03 bits per heavy atom. The number of aromatic nitrogens is 3. The molecule has 0 spiro atoms. The molecule has 7 nitrogen and oxygen atoms in total. The summed E-state index contributed by atoms with van der Waals surface area (Å²) in [7, 11) is 0. The van der Waals surface area contributed by atoms with E-state index in [1.807, 2.05) is 0 Å². The van der Waals surface area contributed by atoms with E-state index in [9.17, 15) is 19.1 Å². The third-order valence-corrected chi connectivity index (χ3v) is 5.24. The number of rotatable bonds is 5. The fraction of sp³-hybridized carbons (Fsp3) is 0.350. The van der Waals surface area contributed by atoms with E-state index in [-0.39, 0.29) is 11.2 Å². The summed E-state index contributed by atoms with van der Waals surface area (Å²) in [5.41, 5.74) is 0.0617. The summed E-state index contributed by atoms with van der Waals surface area (Å²) in [4.78, 5) is 28.0. The summed E-state index contributed by atoms with van der Waals surface area (Å²) in [5.74, 6) is -0.771. The van der Waals surface area contributed by atoms with Crippen molar-refractivity contribution in [2.24, 2.45) is 0 Å². The third kappa shape index (κ3) is 3.77. The highest BCUT2D eigenvalue weighted by Gasteiger charge is 2.36. The highest BCUT2D eigenvalue weighted by atomic mass is 35.5. The molecule has 0 aliphatic heterocycles. The van der Waals surface area contributed by atoms with Crippen molar-refractivity contribution in [2.75, 3.05) is 0 Å². The third-order valence-electron chi connectivity index (χ3n) is 5.07. The van der Waals surface area contributed by atoms with E-state index in [0.29, 0.717) is 22.2 Å². The van der Waals surface area contributed by atoms with E-state index in [0.717, 1.165) is 12.8 Å². The zero-order valence-electron chi connectivity index (χ0n) is 15.9. The van der Waals surface area contributed by atoms with Crippen LogP contribution in [-0.2, 0) is 0 Å². The Balaban J connectivity index is 1.76. The molecule has 1 amide bonds. The smallest absolute Gasteiger partial charge is 0.276 e. The van der Waals surface area contributed by atoms with E-state index in [2.05, 4.69) is 15.4 Å². The first-order valence-electron chi connectivity index (χ1n) is 9.25. The van der Waals surface area contributed by atoms with Crippen LogP contribution < -0.4 is 10.9 Å². The van der Waals surface area contributed by atoms with Crippen molar-refractivity contribution in [2.45, 2.75) is 44.2 Å². The van der Waals surface area contributed by atoms with E-state index in [1.165, 1.54) is 35.0 Å². The van der Waals surface area contributed by atoms with Crippen LogP contribution in [0.5, 0.6) is 0 Å². The number of amides is 1. The number of aromatic amines is 1. The van der Waals surface area contributed by atoms with Crippen LogP contribution in [0.1, 0.15) is 60.1 Å². The van der Waals surface area contributed by atoms with Crippen LogP contribution in [0.4, 0.5) is 4.39 Å². The minimum atomic E-state index is -1.31. The highest BCUT2D eigenvalue weighted by molar-refractivity contribution is 6.28. The number of aliphatic hydroxyl groups is 1. The number of benzene rings is 1. The van der Waals surface area contributed by atoms with Gasteiger partial charge in [-0.25, -0.2) is 8.91 Å². The van der Waals surface area contributed by atoms with E-state index < -0.39 is 28.9 Å². The first-order valence-corrected chi connectivity index (χ1v) is 9.62. The summed E-state index contributed by atoms with van der Waals surface area (Å²) in [6.45, 7) is 3.12. The quantitative estimate of drug-likeness (QED) is 0.593. The van der Waals surface area contributed by atoms with Gasteiger partial charge in [-0.2, -0.15) is 0 Å². The van der Waals surface area contributed by atoms with Crippen molar-refractivity contribution >= 4 is 23.0 Å². The second-order valence-electron chi connectivity index (χ2n) is 7.88. The highest BCUT2D eigenvalue weighted by Crippen LogP contribution is 2.43. The molecule has 1 fully saturated rings. The number of nitrogens with zero attached hydrogens (tertiary/aromatic N) is 2. The molecule has 0 unspecified atom stereocenters. The van der Waals surface area contributed by atoms with Gasteiger partial charge in [-0.15, -0.1) is 5.10 Å². The molecule has 4 rings (SSSR count). The van der Waals surface area contributed by atoms with Crippen LogP contribution in [0, 0.1) is 5.82 Å². The van der Waals surface area contributed by atoms with Crippen LogP contribution in [0.3, 0.4) is 0 Å². The van der Waals surface area contributed by atoms with Gasteiger partial charge in [-0.3, -0.25) is 14.6 Å². The van der Waals surface area contributed by atoms with Crippen LogP contribution in [0.25, 0.3) is 5.52 Å². The Morgan fingerprint density at radius 3 is 2.62 bits per heavy atom. The lowest BCUT2D eigenvalue weighted by atomic mass is 9.91. The van der Waals surface area contributed by atoms with Gasteiger partial charge in [-0.1, -0.05) is 12.1 Å². The fourth-order valence-electron chi connectivity index (χ4n) is 3.58. The maximum absolute atomic E-state index is 13.3. The molecule has 29 heavy (non-hydrogen) atoms. The predicted octanol–water partition coefficient (Wildman–Crippen LogP) is 2.93. The molecule has 0 bridgehead atoms. The molecule has 3 N–H and O–H groups in total. The van der Waals surface area contributed by atoms with Gasteiger partial charge in [0, 0.05) is 11.8 Å². The first-order chi connectivity index (χ1) is 13.6. The second-order valence-corrected chi connectivity index (χ2v) is 8.24. The van der Waals surface area contributed by atoms with Gasteiger partial charge in [0.1, 0.15) is 11.3 Å². The Bertz CT molecular complexity index is 1140. The monoisotopic (exact) mass is 418 g/mol. The fourth-order valence-corrected chi connectivity index (χ4v) is 3.75. The maximum atomic E-state index is 13.3. The average Bonchev–Trinajstić information content (AvgIpc) is 3.39. The van der Waals surface area contributed by atoms with Gasteiger partial charge < -0.3 is 10.4 Å². The van der Waals surface area contributed by atoms with E-state index in [4.69, 9.17) is 11.6 Å². The van der Waals surface area contributed by atoms with E-state index in [1.54, 1.807) is 13.8 Å². The van der Waals surface area contributed by atoms with Crippen LogP contribution in [0.15, 0.2) is 35.3 Å². The van der Waals surface area contributed by atoms with Gasteiger partial charge in [0.05, 0.1) is 17.2 Å². The molecular formula is C20H20ClFN4O3. The number of hydrogen-bond donors (Lipinski definition) is 3. The molecular weight excluding hydrogens is 399 g/mol. The topological polar surface area (TPSA) is 99.5 Å². The number of fused-ring (bicyclic) bond motifs is 1. The molecule has 1 atom stereocenters. The Hall–Kier alpha value is -2.71. The van der Waals surface area contributed by atoms with Crippen molar-refractivity contribution in [3.63, 3.8) is 0 Å². The van der Waals surface area contributed by atoms with E-state index >= 15 is 0 Å². The van der Waals surface area contributed by atoms with Crippen LogP contribution >= 0.6 is 11.6 Å². The molecule has 1 aromatic carbocycles. The summed E-state index contributed by atoms with van der Waals surface area (Å²) < 4.78 is 14.6. The lowest BCUT2D eigenvalue weighted by Crippen LogP contribution is -2.42. The molecule has 2 heterocycles. The van der Waals surface area contributed by atoms with Crippen molar-refractivity contribution in [3.8, 4) is 0 Å². The molecule has 3 aromatic rings. The molecule has 9 heteroatoms. The molecule has 1 aliphatic rings. The molecule has 1 aliphatic carbocycles. The van der Waals surface area contributed by atoms with Crippen LogP contribution in [0.2, 0.25) is 5.28 Å². The number of nitrogens with one attached hydrogen (secondary N) is 2. The number of carbonyl (C=O) groups excluding carboxylic acids is 1. The molecule has 152 valence electrons. The minimum Gasteiger partial charge on any atom is -0.388 e. The number of halogens is 2. The summed E-state index contributed by atoms with van der Waals surface area (Å²) >= 11 is 5.85. The molecule has 0 saturated heterocycles. The van der Waals surface area contributed by atoms with Crippen molar-refractivity contribution < 1.29 is 14.3 Å². The average molecular weight is 419 g/mol. The SMILES string of the molecule is CC(C)(O)[C@@H](NC(=O)c1cn2nc(Cl)[nH]c(=O)c2c1C1CC1)c1ccc(F)cc1. The van der Waals surface area contributed by atoms with Gasteiger partial charge in [0.15, 0.2) is 0 Å². The van der Waals surface area contributed by atoms with Gasteiger partial charge in [0.2, 0.25) is 5.28 Å². The van der Waals surface area contributed by atoms with Crippen LogP contribution in [-0.4, -0.2) is 31.2 Å². The zero-order chi connectivity index (χ0) is 20.9. The maximum Gasteiger partial charge on any atom is 0.276 e. The standard InChI is InChI=1S/C20H20ClFN4O3/c1-20(2,29)16(11-5-7-12(22)8-6-11)23-17(27)13-9-26-15(14(13)10-3-4-10)18(28)24-19(21)25-26/h5-10,16,29H,3-4H2,1-2H3,(H,23,27)(H,24,25,28)/t16-/m0/s1. The van der Waals surface area contributed by atoms with Gasteiger partial charge in [-0.05, 0) is 61.9 Å². The number of hydrogen-bond acceptors (Lipinski definition) is 4. The Labute approximate surface area is 170 Å². The Morgan fingerprint density at radius 1 is 1.38 bits per heavy atom. The van der Waals surface area contributed by atoms with Crippen molar-refractivity contribution in [3.05, 3.63) is 68.6 Å². The number of carbonyl (C=O) groups is 1. The lowest BCUT2D eigenvalue weighted by Gasteiger charge is -2.30. The first kappa shape index (κ1) is 19.6. The summed E-state index contributed by atoms with van der Waals surface area (Å²) in [6, 6.07) is 4.78.